The van der Waals surface area contributed by atoms with Gasteiger partial charge in [-0.15, -0.1) is 0 Å². The van der Waals surface area contributed by atoms with Gasteiger partial charge in [-0.1, -0.05) is 0 Å². The molecule has 0 saturated heterocycles. The third kappa shape index (κ3) is 2.59. The van der Waals surface area contributed by atoms with Crippen LogP contribution in [0.2, 0.25) is 0 Å². The van der Waals surface area contributed by atoms with Gasteiger partial charge in [-0.2, -0.15) is 0 Å². The summed E-state index contributed by atoms with van der Waals surface area (Å²) in [6, 6.07) is 1.45. The quantitative estimate of drug-likeness (QED) is 0.609. The van der Waals surface area contributed by atoms with Crippen LogP contribution < -0.4 is 0 Å². The maximum atomic E-state index is 12.7. The van der Waals surface area contributed by atoms with Gasteiger partial charge in [0, 0.05) is 5.57 Å². The van der Waals surface area contributed by atoms with Gasteiger partial charge in [0.1, 0.15) is 0 Å². The Kier molecular flexibility index (Phi) is 3.14. The van der Waals surface area contributed by atoms with Crippen molar-refractivity contribution in [3.8, 4) is 0 Å². The van der Waals surface area contributed by atoms with E-state index in [1.807, 2.05) is 0 Å². The van der Waals surface area contributed by atoms with Crippen LogP contribution in [0.3, 0.4) is 0 Å². The van der Waals surface area contributed by atoms with Crippen molar-refractivity contribution < 1.29 is 23.1 Å². The summed E-state index contributed by atoms with van der Waals surface area (Å²) in [4.78, 5) is 10.4. The van der Waals surface area contributed by atoms with E-state index in [1.54, 1.807) is 0 Å². The number of rotatable bonds is 2. The largest absolute Gasteiger partial charge is 0.478 e. The van der Waals surface area contributed by atoms with E-state index in [-0.39, 0.29) is 11.1 Å². The lowest BCUT2D eigenvalue weighted by Gasteiger charge is -1.99. The van der Waals surface area contributed by atoms with Gasteiger partial charge in [0.2, 0.25) is 0 Å². The summed E-state index contributed by atoms with van der Waals surface area (Å²) in [6.45, 7) is 1.27. The number of carboxylic acids is 1. The monoisotopic (exact) mass is 216 g/mol. The van der Waals surface area contributed by atoms with Crippen molar-refractivity contribution in [3.05, 3.63) is 40.7 Å². The van der Waals surface area contributed by atoms with E-state index in [9.17, 15) is 18.0 Å². The number of benzene rings is 1. The lowest BCUT2D eigenvalue weighted by atomic mass is 10.1. The first-order valence-corrected chi connectivity index (χ1v) is 3.98. The Hall–Kier alpha value is -1.78. The minimum absolute atomic E-state index is 0.0358. The van der Waals surface area contributed by atoms with Gasteiger partial charge in [0.25, 0.3) is 0 Å². The molecule has 0 saturated carbocycles. The number of hydrogen-bond acceptors (Lipinski definition) is 1. The Morgan fingerprint density at radius 3 is 2.13 bits per heavy atom. The van der Waals surface area contributed by atoms with Crippen LogP contribution in [0, 0.1) is 17.5 Å². The standard InChI is InChI=1S/C10H7F3O2/c1-5(10(14)15)2-6-3-7(11)9(13)8(12)4-6/h2-4H,1H3,(H,14,15)/b5-2-. The molecule has 80 valence electrons. The summed E-state index contributed by atoms with van der Waals surface area (Å²) in [5.41, 5.74) is -0.133. The first-order chi connectivity index (χ1) is 6.91. The molecular formula is C10H7F3O2. The Morgan fingerprint density at radius 1 is 1.27 bits per heavy atom. The second-order valence-corrected chi connectivity index (χ2v) is 2.93. The maximum absolute atomic E-state index is 12.7. The molecule has 0 amide bonds. The van der Waals surface area contributed by atoms with Crippen molar-refractivity contribution in [2.75, 3.05) is 0 Å². The van der Waals surface area contributed by atoms with Gasteiger partial charge in [0.05, 0.1) is 0 Å². The van der Waals surface area contributed by atoms with E-state index in [4.69, 9.17) is 5.11 Å². The smallest absolute Gasteiger partial charge is 0.331 e. The molecule has 0 bridgehead atoms. The van der Waals surface area contributed by atoms with Crippen LogP contribution in [-0.2, 0) is 4.79 Å². The SMILES string of the molecule is C/C(=C/c1cc(F)c(F)c(F)c1)C(=O)O. The normalized spacial score (nSPS) is 11.6. The van der Waals surface area contributed by atoms with Crippen LogP contribution in [-0.4, -0.2) is 11.1 Å². The topological polar surface area (TPSA) is 37.3 Å². The molecule has 0 heterocycles. The molecule has 0 aromatic heterocycles. The van der Waals surface area contributed by atoms with Crippen LogP contribution in [0.15, 0.2) is 17.7 Å². The molecule has 1 aromatic carbocycles. The second-order valence-electron chi connectivity index (χ2n) is 2.93. The predicted molar refractivity (Wildman–Crippen MR) is 47.6 cm³/mol. The summed E-state index contributed by atoms with van der Waals surface area (Å²) in [5, 5.41) is 8.51. The fourth-order valence-corrected chi connectivity index (χ4v) is 0.970. The molecule has 0 aliphatic rings. The van der Waals surface area contributed by atoms with E-state index in [0.29, 0.717) is 0 Å². The first kappa shape index (κ1) is 11.3. The van der Waals surface area contributed by atoms with Crippen LogP contribution in [0.5, 0.6) is 0 Å². The lowest BCUT2D eigenvalue weighted by Crippen LogP contribution is -1.97. The minimum Gasteiger partial charge on any atom is -0.478 e. The second kappa shape index (κ2) is 4.16. The zero-order valence-corrected chi connectivity index (χ0v) is 7.72. The Bertz CT molecular complexity index is 415. The molecule has 1 N–H and O–H groups in total. The molecule has 0 radical (unpaired) electrons. The van der Waals surface area contributed by atoms with Crippen molar-refractivity contribution in [1.82, 2.24) is 0 Å². The van der Waals surface area contributed by atoms with E-state index in [2.05, 4.69) is 0 Å². The van der Waals surface area contributed by atoms with Crippen LogP contribution in [0.1, 0.15) is 12.5 Å². The summed E-state index contributed by atoms with van der Waals surface area (Å²) in [7, 11) is 0. The zero-order chi connectivity index (χ0) is 11.6. The van der Waals surface area contributed by atoms with E-state index in [1.165, 1.54) is 6.92 Å². The fourth-order valence-electron chi connectivity index (χ4n) is 0.970. The molecule has 1 rings (SSSR count). The van der Waals surface area contributed by atoms with Crippen molar-refractivity contribution >= 4 is 12.0 Å². The van der Waals surface area contributed by atoms with Gasteiger partial charge >= 0.3 is 5.97 Å². The Labute approximate surface area is 83.7 Å². The molecule has 15 heavy (non-hydrogen) atoms. The summed E-state index contributed by atoms with van der Waals surface area (Å²) >= 11 is 0. The highest BCUT2D eigenvalue weighted by molar-refractivity contribution is 5.91. The Balaban J connectivity index is 3.18. The third-order valence-corrected chi connectivity index (χ3v) is 1.73. The van der Waals surface area contributed by atoms with Crippen molar-refractivity contribution in [2.24, 2.45) is 0 Å². The first-order valence-electron chi connectivity index (χ1n) is 3.98. The van der Waals surface area contributed by atoms with Crippen molar-refractivity contribution in [1.29, 1.82) is 0 Å². The number of aliphatic carboxylic acids is 1. The molecular weight excluding hydrogens is 209 g/mol. The Morgan fingerprint density at radius 2 is 1.73 bits per heavy atom. The van der Waals surface area contributed by atoms with Crippen molar-refractivity contribution in [2.45, 2.75) is 6.92 Å². The van der Waals surface area contributed by atoms with Crippen molar-refractivity contribution in [3.63, 3.8) is 0 Å². The number of carbonyl (C=O) groups is 1. The van der Waals surface area contributed by atoms with Crippen LogP contribution in [0.4, 0.5) is 13.2 Å². The highest BCUT2D eigenvalue weighted by atomic mass is 19.2. The van der Waals surface area contributed by atoms with Gasteiger partial charge in [-0.25, -0.2) is 18.0 Å². The van der Waals surface area contributed by atoms with Gasteiger partial charge < -0.3 is 5.11 Å². The minimum atomic E-state index is -1.57. The molecule has 0 unspecified atom stereocenters. The number of hydrogen-bond donors (Lipinski definition) is 1. The molecule has 0 atom stereocenters. The average Bonchev–Trinajstić information content (AvgIpc) is 2.13. The van der Waals surface area contributed by atoms with Crippen LogP contribution in [0.25, 0.3) is 6.08 Å². The van der Waals surface area contributed by atoms with Gasteiger partial charge in [0.15, 0.2) is 17.5 Å². The molecule has 0 fully saturated rings. The predicted octanol–water partition coefficient (Wildman–Crippen LogP) is 2.59. The van der Waals surface area contributed by atoms with E-state index in [0.717, 1.165) is 18.2 Å². The van der Waals surface area contributed by atoms with Gasteiger partial charge in [-0.05, 0) is 30.7 Å². The maximum Gasteiger partial charge on any atom is 0.331 e. The summed E-state index contributed by atoms with van der Waals surface area (Å²) in [5.74, 6) is -5.47. The summed E-state index contributed by atoms with van der Waals surface area (Å²) < 4.78 is 37.9. The third-order valence-electron chi connectivity index (χ3n) is 1.73. The van der Waals surface area contributed by atoms with Gasteiger partial charge in [-0.3, -0.25) is 0 Å². The molecule has 5 heteroatoms. The number of carboxylic acid groups (broad SMARTS) is 1. The highest BCUT2D eigenvalue weighted by Crippen LogP contribution is 2.15. The lowest BCUT2D eigenvalue weighted by molar-refractivity contribution is -0.132. The molecule has 0 spiro atoms. The highest BCUT2D eigenvalue weighted by Gasteiger charge is 2.10. The molecule has 1 aromatic rings. The summed E-state index contributed by atoms with van der Waals surface area (Å²) in [6.07, 6.45) is 1.05. The fraction of sp³-hybridized carbons (Fsp3) is 0.100. The van der Waals surface area contributed by atoms with Crippen LogP contribution >= 0.6 is 0 Å². The number of halogens is 3. The van der Waals surface area contributed by atoms with E-state index >= 15 is 0 Å². The van der Waals surface area contributed by atoms with E-state index < -0.39 is 23.4 Å². The molecule has 2 nitrogen and oxygen atoms in total. The molecule has 0 aliphatic heterocycles. The average molecular weight is 216 g/mol. The zero-order valence-electron chi connectivity index (χ0n) is 7.72. The molecule has 0 aliphatic carbocycles.